The highest BCUT2D eigenvalue weighted by molar-refractivity contribution is 5.89. The molecule has 2 fully saturated rings. The molecule has 1 aromatic rings. The molecule has 0 unspecified atom stereocenters. The molecular formula is C26H32O13. The molecule has 1 aromatic carbocycles. The summed E-state index contributed by atoms with van der Waals surface area (Å²) in [5.74, 6) is -3.91. The van der Waals surface area contributed by atoms with Gasteiger partial charge in [-0.05, 0) is 23.8 Å². The molecule has 13 nitrogen and oxygen atoms in total. The Labute approximate surface area is 223 Å². The molecule has 2 aliphatic heterocycles. The number of hydrogen-bond acceptors (Lipinski definition) is 13. The smallest absolute Gasteiger partial charge is 0.337 e. The van der Waals surface area contributed by atoms with Crippen molar-refractivity contribution in [1.29, 1.82) is 0 Å². The van der Waals surface area contributed by atoms with Gasteiger partial charge in [0.1, 0.15) is 36.3 Å². The summed E-state index contributed by atoms with van der Waals surface area (Å²) in [6.45, 7) is 0.988. The van der Waals surface area contributed by atoms with Crippen molar-refractivity contribution in [2.24, 2.45) is 17.8 Å². The molecule has 1 aliphatic carbocycles. The van der Waals surface area contributed by atoms with Crippen LogP contribution in [0.2, 0.25) is 0 Å². The average Bonchev–Trinajstić information content (AvgIpc) is 3.18. The number of aliphatic hydroxyl groups excluding tert-OH is 5. The number of rotatable bonds is 7. The van der Waals surface area contributed by atoms with E-state index in [-0.39, 0.29) is 11.3 Å². The quantitative estimate of drug-likeness (QED) is 0.174. The molecule has 4 rings (SSSR count). The second kappa shape index (κ2) is 12.0. The summed E-state index contributed by atoms with van der Waals surface area (Å²) in [7, 11) is 1.16. The maximum Gasteiger partial charge on any atom is 0.337 e. The van der Waals surface area contributed by atoms with E-state index in [2.05, 4.69) is 0 Å². The number of methoxy groups -OCH3 is 1. The van der Waals surface area contributed by atoms with Crippen LogP contribution in [0.15, 0.2) is 42.2 Å². The molecule has 0 amide bonds. The third kappa shape index (κ3) is 5.79. The van der Waals surface area contributed by atoms with E-state index in [1.165, 1.54) is 18.2 Å². The zero-order valence-corrected chi connectivity index (χ0v) is 21.1. The minimum absolute atomic E-state index is 0.0197. The molecule has 214 valence electrons. The maximum atomic E-state index is 12.6. The van der Waals surface area contributed by atoms with E-state index in [9.17, 15) is 40.2 Å². The highest BCUT2D eigenvalue weighted by Gasteiger charge is 2.59. The molecule has 39 heavy (non-hydrogen) atoms. The Morgan fingerprint density at radius 2 is 1.69 bits per heavy atom. The van der Waals surface area contributed by atoms with Crippen molar-refractivity contribution in [3.63, 3.8) is 0 Å². The number of carbonyl (C=O) groups is 2. The lowest BCUT2D eigenvalue weighted by Crippen LogP contribution is -2.60. The number of ether oxygens (including phenoxy) is 5. The zero-order chi connectivity index (χ0) is 28.4. The highest BCUT2D eigenvalue weighted by atomic mass is 16.8. The first-order chi connectivity index (χ1) is 18.6. The van der Waals surface area contributed by atoms with Gasteiger partial charge in [0.25, 0.3) is 0 Å². The summed E-state index contributed by atoms with van der Waals surface area (Å²) in [6, 6.07) is 6.09. The number of esters is 2. The van der Waals surface area contributed by atoms with Gasteiger partial charge >= 0.3 is 11.9 Å². The van der Waals surface area contributed by atoms with Gasteiger partial charge in [-0.15, -0.1) is 0 Å². The van der Waals surface area contributed by atoms with Crippen molar-refractivity contribution in [2.75, 3.05) is 13.7 Å². The lowest BCUT2D eigenvalue weighted by Gasteiger charge is -2.43. The Morgan fingerprint density at radius 1 is 1.00 bits per heavy atom. The minimum atomic E-state index is -1.71. The predicted molar refractivity (Wildman–Crippen MR) is 129 cm³/mol. The molecule has 2 heterocycles. The van der Waals surface area contributed by atoms with Crippen LogP contribution in [0, 0.1) is 17.8 Å². The van der Waals surface area contributed by atoms with Crippen LogP contribution in [-0.2, 0) is 33.3 Å². The minimum Gasteiger partial charge on any atom is -0.508 e. The fourth-order valence-corrected chi connectivity index (χ4v) is 5.24. The maximum absolute atomic E-state index is 12.6. The van der Waals surface area contributed by atoms with Crippen molar-refractivity contribution < 1.29 is 63.9 Å². The molecule has 0 aromatic heterocycles. The highest BCUT2D eigenvalue weighted by Crippen LogP contribution is 2.49. The molecule has 1 saturated carbocycles. The van der Waals surface area contributed by atoms with Crippen molar-refractivity contribution in [1.82, 2.24) is 0 Å². The molecule has 0 spiro atoms. The van der Waals surface area contributed by atoms with E-state index in [4.69, 9.17) is 23.7 Å². The fourth-order valence-electron chi connectivity index (χ4n) is 5.24. The van der Waals surface area contributed by atoms with Gasteiger partial charge in [-0.25, -0.2) is 9.59 Å². The number of carbonyl (C=O) groups excluding carboxylic acids is 2. The first kappa shape index (κ1) is 29.0. The topological polar surface area (TPSA) is 202 Å². The predicted octanol–water partition coefficient (Wildman–Crippen LogP) is -1.21. The normalized spacial score (nSPS) is 38.0. The zero-order valence-electron chi connectivity index (χ0n) is 21.1. The van der Waals surface area contributed by atoms with Crippen LogP contribution in [0.4, 0.5) is 0 Å². The second-order valence-electron chi connectivity index (χ2n) is 9.68. The SMILES string of the molecule is COC(=O)C1=CO[C@H](O[C@@H]2O[C@@H](CO)[C@@H](O)[C@@H](O)[C@H]2O)[C@@H]2[C@@H](C)[C@@H](OC(=O)C=Cc3ccc(O)cc3)[C@@H](O)[C@@H]12. The van der Waals surface area contributed by atoms with E-state index >= 15 is 0 Å². The van der Waals surface area contributed by atoms with Crippen LogP contribution in [0.5, 0.6) is 5.75 Å². The average molecular weight is 553 g/mol. The van der Waals surface area contributed by atoms with Crippen LogP contribution in [0.1, 0.15) is 12.5 Å². The lowest BCUT2D eigenvalue weighted by molar-refractivity contribution is -0.343. The van der Waals surface area contributed by atoms with Crippen LogP contribution < -0.4 is 0 Å². The van der Waals surface area contributed by atoms with Crippen molar-refractivity contribution in [3.05, 3.63) is 47.7 Å². The van der Waals surface area contributed by atoms with E-state index in [1.807, 2.05) is 0 Å². The molecule has 11 atom stereocenters. The summed E-state index contributed by atoms with van der Waals surface area (Å²) in [5, 5.41) is 60.6. The number of aromatic hydroxyl groups is 1. The van der Waals surface area contributed by atoms with Crippen molar-refractivity contribution in [3.8, 4) is 5.75 Å². The van der Waals surface area contributed by atoms with Crippen molar-refractivity contribution >= 4 is 18.0 Å². The Hall–Kier alpha value is -3.04. The van der Waals surface area contributed by atoms with E-state index in [0.717, 1.165) is 19.4 Å². The lowest BCUT2D eigenvalue weighted by atomic mass is 9.82. The Bertz CT molecular complexity index is 1080. The molecule has 1 saturated heterocycles. The Kier molecular flexibility index (Phi) is 8.91. The molecule has 0 bridgehead atoms. The van der Waals surface area contributed by atoms with Gasteiger partial charge in [0.05, 0.1) is 31.7 Å². The van der Waals surface area contributed by atoms with Crippen LogP contribution >= 0.6 is 0 Å². The third-order valence-corrected chi connectivity index (χ3v) is 7.34. The van der Waals surface area contributed by atoms with Gasteiger partial charge in [-0.2, -0.15) is 0 Å². The summed E-state index contributed by atoms with van der Waals surface area (Å²) in [4.78, 5) is 25.1. The van der Waals surface area contributed by atoms with Crippen LogP contribution in [0.25, 0.3) is 6.08 Å². The summed E-state index contributed by atoms with van der Waals surface area (Å²) < 4.78 is 27.2. The Balaban J connectivity index is 1.54. The van der Waals surface area contributed by atoms with Crippen molar-refractivity contribution in [2.45, 2.75) is 56.1 Å². The molecule has 0 radical (unpaired) electrons. The van der Waals surface area contributed by atoms with Gasteiger partial charge in [0, 0.05) is 23.8 Å². The largest absolute Gasteiger partial charge is 0.508 e. The fraction of sp³-hybridized carbons (Fsp3) is 0.538. The first-order valence-electron chi connectivity index (χ1n) is 12.3. The molecule has 6 N–H and O–H groups in total. The van der Waals surface area contributed by atoms with E-state index < -0.39 is 85.5 Å². The number of phenolic OH excluding ortho intramolecular Hbond substituents is 1. The van der Waals surface area contributed by atoms with E-state index in [0.29, 0.717) is 5.56 Å². The second-order valence-corrected chi connectivity index (χ2v) is 9.68. The van der Waals surface area contributed by atoms with Gasteiger partial charge < -0.3 is 54.3 Å². The monoisotopic (exact) mass is 552 g/mol. The standard InChI is InChI=1S/C26H32O13/c1-11-17-18(20(31)23(11)38-16(29)8-5-12-3-6-13(28)7-4-12)14(24(34)35-2)10-36-25(17)39-26-22(33)21(32)19(30)15(9-27)37-26/h3-8,10-11,15,17-23,25-28,30-33H,9H2,1-2H3/t11-,15+,17-,18+,19-,20+,21-,22-,23-,25-,26+/m1/s1. The summed E-state index contributed by atoms with van der Waals surface area (Å²) >= 11 is 0. The van der Waals surface area contributed by atoms with Gasteiger partial charge in [-0.3, -0.25) is 0 Å². The number of fused-ring (bicyclic) bond motifs is 1. The van der Waals surface area contributed by atoms with E-state index in [1.54, 1.807) is 19.1 Å². The first-order valence-corrected chi connectivity index (χ1v) is 12.3. The van der Waals surface area contributed by atoms with Gasteiger partial charge in [-0.1, -0.05) is 19.1 Å². The number of hydrogen-bond donors (Lipinski definition) is 6. The Morgan fingerprint density at radius 3 is 2.33 bits per heavy atom. The van der Waals surface area contributed by atoms with Gasteiger partial charge in [0.2, 0.25) is 6.29 Å². The summed E-state index contributed by atoms with van der Waals surface area (Å²) in [5.41, 5.74) is 0.601. The summed E-state index contributed by atoms with van der Waals surface area (Å²) in [6.07, 6.45) is -7.83. The molecular weight excluding hydrogens is 520 g/mol. The van der Waals surface area contributed by atoms with Gasteiger partial charge in [0.15, 0.2) is 6.29 Å². The molecule has 13 heteroatoms. The third-order valence-electron chi connectivity index (χ3n) is 7.34. The van der Waals surface area contributed by atoms with Crippen LogP contribution in [0.3, 0.4) is 0 Å². The number of aliphatic hydroxyl groups is 5. The number of benzene rings is 1. The number of phenols is 1. The van der Waals surface area contributed by atoms with Crippen LogP contribution in [-0.4, -0.2) is 105 Å². The molecule has 3 aliphatic rings.